The average molecular weight is 262 g/mol. The summed E-state index contributed by atoms with van der Waals surface area (Å²) in [5.41, 5.74) is 1.23. The molecule has 2 heteroatoms. The highest BCUT2D eigenvalue weighted by Crippen LogP contribution is 2.64. The molecule has 6 atom stereocenters. The van der Waals surface area contributed by atoms with Crippen LogP contribution in [0.15, 0.2) is 11.6 Å². The van der Waals surface area contributed by atoms with E-state index in [0.29, 0.717) is 12.0 Å². The number of hydrogen-bond donors (Lipinski definition) is 0. The van der Waals surface area contributed by atoms with Crippen molar-refractivity contribution in [1.29, 1.82) is 0 Å². The van der Waals surface area contributed by atoms with Crippen molar-refractivity contribution < 1.29 is 9.53 Å². The zero-order valence-corrected chi connectivity index (χ0v) is 12.8. The molecular formula is C17H26O2. The Bertz CT molecular complexity index is 452. The smallest absolute Gasteiger partial charge is 0.158 e. The summed E-state index contributed by atoms with van der Waals surface area (Å²) < 4.78 is 6.42. The molecule has 1 saturated heterocycles. The highest BCUT2D eigenvalue weighted by Gasteiger charge is 2.62. The summed E-state index contributed by atoms with van der Waals surface area (Å²) in [5.74, 6) is 1.35. The largest absolute Gasteiger partial charge is 0.369 e. The van der Waals surface area contributed by atoms with Gasteiger partial charge in [-0.05, 0) is 43.4 Å². The molecule has 19 heavy (non-hydrogen) atoms. The monoisotopic (exact) mass is 262 g/mol. The van der Waals surface area contributed by atoms with Crippen LogP contribution in [0.2, 0.25) is 0 Å². The lowest BCUT2D eigenvalue weighted by Gasteiger charge is -2.58. The molecule has 0 amide bonds. The second kappa shape index (κ2) is 3.94. The molecule has 2 fully saturated rings. The molecule has 0 unspecified atom stereocenters. The molecule has 0 spiro atoms. The number of ether oxygens (including phenoxy) is 1. The van der Waals surface area contributed by atoms with Crippen molar-refractivity contribution in [2.24, 2.45) is 22.7 Å². The van der Waals surface area contributed by atoms with Gasteiger partial charge in [-0.2, -0.15) is 0 Å². The van der Waals surface area contributed by atoms with Crippen LogP contribution < -0.4 is 0 Å². The molecule has 3 aliphatic rings. The number of hydrogen-bond acceptors (Lipinski definition) is 2. The molecule has 0 aromatic rings. The van der Waals surface area contributed by atoms with Gasteiger partial charge in [0.15, 0.2) is 5.78 Å². The SMILES string of the molecule is CC(=O)C1=C[C@@]2(C)[C@H](C)[C@@H]1O[C@@H]1C[C@H](C)CC[C@@]12C. The van der Waals surface area contributed by atoms with E-state index >= 15 is 0 Å². The van der Waals surface area contributed by atoms with E-state index in [4.69, 9.17) is 4.74 Å². The summed E-state index contributed by atoms with van der Waals surface area (Å²) in [4.78, 5) is 11.9. The van der Waals surface area contributed by atoms with E-state index in [1.54, 1.807) is 6.92 Å². The first kappa shape index (κ1) is 13.4. The fourth-order valence-corrected chi connectivity index (χ4v) is 4.75. The Morgan fingerprint density at radius 1 is 1.37 bits per heavy atom. The minimum Gasteiger partial charge on any atom is -0.369 e. The standard InChI is InChI=1S/C17H26O2/c1-10-6-7-16(4)14(8-10)19-15-11(2)17(16,5)9-13(15)12(3)18/h9-11,14-15H,6-8H2,1-5H3/t10-,11-,14-,15+,16+,17+/m1/s1. The van der Waals surface area contributed by atoms with Gasteiger partial charge in [0.25, 0.3) is 0 Å². The van der Waals surface area contributed by atoms with E-state index in [0.717, 1.165) is 17.9 Å². The second-order valence-corrected chi connectivity index (χ2v) is 7.57. The molecule has 1 aliphatic heterocycles. The third kappa shape index (κ3) is 1.55. The van der Waals surface area contributed by atoms with Crippen molar-refractivity contribution in [2.45, 2.75) is 66.1 Å². The van der Waals surface area contributed by atoms with Crippen LogP contribution in [-0.2, 0) is 9.53 Å². The van der Waals surface area contributed by atoms with Crippen molar-refractivity contribution in [3.8, 4) is 0 Å². The number of fused-ring (bicyclic) bond motifs is 4. The molecule has 1 saturated carbocycles. The van der Waals surface area contributed by atoms with Crippen LogP contribution in [0.5, 0.6) is 0 Å². The number of Topliss-reactive ketones (excluding diaryl/α,β-unsaturated/α-hetero) is 1. The van der Waals surface area contributed by atoms with Gasteiger partial charge in [0.05, 0.1) is 12.2 Å². The molecule has 2 aliphatic carbocycles. The van der Waals surface area contributed by atoms with Gasteiger partial charge in [-0.3, -0.25) is 4.79 Å². The van der Waals surface area contributed by atoms with Gasteiger partial charge >= 0.3 is 0 Å². The molecule has 0 aromatic heterocycles. The third-order valence-corrected chi connectivity index (χ3v) is 6.59. The minimum atomic E-state index is 0.0332. The first-order valence-corrected chi connectivity index (χ1v) is 7.69. The Morgan fingerprint density at radius 2 is 2.05 bits per heavy atom. The molecule has 3 rings (SSSR count). The van der Waals surface area contributed by atoms with Gasteiger partial charge in [0.1, 0.15) is 0 Å². The Morgan fingerprint density at radius 3 is 2.68 bits per heavy atom. The number of carbonyl (C=O) groups is 1. The molecule has 1 heterocycles. The van der Waals surface area contributed by atoms with E-state index in [1.807, 2.05) is 0 Å². The van der Waals surface area contributed by atoms with Crippen LogP contribution >= 0.6 is 0 Å². The summed E-state index contributed by atoms with van der Waals surface area (Å²) in [6.45, 7) is 11.0. The molecule has 2 nitrogen and oxygen atoms in total. The van der Waals surface area contributed by atoms with E-state index in [1.165, 1.54) is 12.8 Å². The van der Waals surface area contributed by atoms with Crippen LogP contribution in [-0.4, -0.2) is 18.0 Å². The first-order chi connectivity index (χ1) is 8.79. The number of ketones is 1. The Kier molecular flexibility index (Phi) is 2.77. The van der Waals surface area contributed by atoms with E-state index < -0.39 is 0 Å². The lowest BCUT2D eigenvalue weighted by Crippen LogP contribution is -2.58. The Labute approximate surface area is 116 Å². The topological polar surface area (TPSA) is 26.3 Å². The zero-order valence-electron chi connectivity index (χ0n) is 12.8. The number of rotatable bonds is 1. The van der Waals surface area contributed by atoms with Crippen LogP contribution in [0.1, 0.15) is 53.9 Å². The molecule has 106 valence electrons. The maximum Gasteiger partial charge on any atom is 0.158 e. The van der Waals surface area contributed by atoms with E-state index in [9.17, 15) is 4.79 Å². The normalized spacial score (nSPS) is 52.6. The predicted molar refractivity (Wildman–Crippen MR) is 75.8 cm³/mol. The van der Waals surface area contributed by atoms with Gasteiger partial charge in [-0.15, -0.1) is 0 Å². The van der Waals surface area contributed by atoms with E-state index in [2.05, 4.69) is 33.8 Å². The van der Waals surface area contributed by atoms with Crippen molar-refractivity contribution in [3.63, 3.8) is 0 Å². The fourth-order valence-electron chi connectivity index (χ4n) is 4.75. The number of carbonyl (C=O) groups excluding carboxylic acids is 1. The first-order valence-electron chi connectivity index (χ1n) is 7.69. The van der Waals surface area contributed by atoms with Gasteiger partial charge in [0.2, 0.25) is 0 Å². The van der Waals surface area contributed by atoms with Crippen LogP contribution in [0, 0.1) is 22.7 Å². The summed E-state index contributed by atoms with van der Waals surface area (Å²) in [7, 11) is 0. The predicted octanol–water partition coefficient (Wildman–Crippen LogP) is 3.75. The van der Waals surface area contributed by atoms with Gasteiger partial charge in [0, 0.05) is 11.0 Å². The molecule has 2 bridgehead atoms. The minimum absolute atomic E-state index is 0.0332. The van der Waals surface area contributed by atoms with Crippen LogP contribution in [0.3, 0.4) is 0 Å². The fraction of sp³-hybridized carbons (Fsp3) is 0.824. The second-order valence-electron chi connectivity index (χ2n) is 7.57. The molecule has 0 aromatic carbocycles. The van der Waals surface area contributed by atoms with Gasteiger partial charge in [-0.25, -0.2) is 0 Å². The Balaban J connectivity index is 2.06. The highest BCUT2D eigenvalue weighted by molar-refractivity contribution is 5.95. The summed E-state index contributed by atoms with van der Waals surface area (Å²) in [5, 5.41) is 0. The summed E-state index contributed by atoms with van der Waals surface area (Å²) in [6.07, 6.45) is 6.26. The van der Waals surface area contributed by atoms with Crippen molar-refractivity contribution in [3.05, 3.63) is 11.6 Å². The lowest BCUT2D eigenvalue weighted by atomic mass is 9.52. The van der Waals surface area contributed by atoms with Crippen molar-refractivity contribution in [2.75, 3.05) is 0 Å². The van der Waals surface area contributed by atoms with E-state index in [-0.39, 0.29) is 22.7 Å². The summed E-state index contributed by atoms with van der Waals surface area (Å²) >= 11 is 0. The van der Waals surface area contributed by atoms with Crippen LogP contribution in [0.4, 0.5) is 0 Å². The number of allylic oxidation sites excluding steroid dienone is 1. The molecule has 0 radical (unpaired) electrons. The highest BCUT2D eigenvalue weighted by atomic mass is 16.5. The Hall–Kier alpha value is -0.630. The van der Waals surface area contributed by atoms with Gasteiger partial charge in [-0.1, -0.05) is 33.8 Å². The van der Waals surface area contributed by atoms with Crippen molar-refractivity contribution in [1.82, 2.24) is 0 Å². The quantitative estimate of drug-likeness (QED) is 0.719. The summed E-state index contributed by atoms with van der Waals surface area (Å²) in [6, 6.07) is 0. The lowest BCUT2D eigenvalue weighted by molar-refractivity contribution is -0.204. The maximum atomic E-state index is 11.9. The molecule has 0 N–H and O–H groups in total. The molecular weight excluding hydrogens is 236 g/mol. The average Bonchev–Trinajstić information content (AvgIpc) is 2.53. The third-order valence-electron chi connectivity index (χ3n) is 6.59. The van der Waals surface area contributed by atoms with Gasteiger partial charge < -0.3 is 4.74 Å². The van der Waals surface area contributed by atoms with Crippen LogP contribution in [0.25, 0.3) is 0 Å². The zero-order chi connectivity index (χ0) is 14.0. The van der Waals surface area contributed by atoms with Crippen molar-refractivity contribution >= 4 is 5.78 Å². The maximum absolute atomic E-state index is 11.9.